The number of nitrogens with one attached hydrogen (secondary N) is 1. The van der Waals surface area contributed by atoms with Crippen molar-refractivity contribution in [2.75, 3.05) is 5.32 Å². The third-order valence-corrected chi connectivity index (χ3v) is 4.16. The number of nitrogens with zero attached hydrogens (tertiary/aromatic N) is 3. The molecule has 2 aromatic heterocycles. The average molecular weight is 316 g/mol. The van der Waals surface area contributed by atoms with Gasteiger partial charge in [0.2, 0.25) is 0 Å². The molecule has 0 aliphatic rings. The Balaban J connectivity index is 1.95. The Kier molecular flexibility index (Phi) is 3.38. The Labute approximate surface area is 129 Å². The van der Waals surface area contributed by atoms with Crippen molar-refractivity contribution in [2.45, 2.75) is 6.92 Å². The molecule has 2 N–H and O–H groups in total. The van der Waals surface area contributed by atoms with Gasteiger partial charge in [-0.25, -0.2) is 9.78 Å². The highest BCUT2D eigenvalue weighted by Crippen LogP contribution is 2.28. The standard InChI is InChI=1S/C14H12N4O3S/c1-7-4-3-5-9-10(7)16-14(22-9)17-12(19)11-8(13(20)21)6-15-18(11)2/h3-6H,1-2H3,(H,20,21)(H,16,17,19). The number of carbonyl (C=O) groups is 2. The number of hydrogen-bond acceptors (Lipinski definition) is 5. The molecule has 8 heteroatoms. The molecule has 22 heavy (non-hydrogen) atoms. The minimum atomic E-state index is -1.20. The quantitative estimate of drug-likeness (QED) is 0.772. The summed E-state index contributed by atoms with van der Waals surface area (Å²) in [5, 5.41) is 16.0. The van der Waals surface area contributed by atoms with Gasteiger partial charge in [-0.15, -0.1) is 0 Å². The van der Waals surface area contributed by atoms with Crippen LogP contribution in [0.1, 0.15) is 26.4 Å². The molecule has 0 aliphatic carbocycles. The van der Waals surface area contributed by atoms with E-state index in [1.165, 1.54) is 23.1 Å². The molecule has 0 atom stereocenters. The predicted octanol–water partition coefficient (Wildman–Crippen LogP) is 2.29. The lowest BCUT2D eigenvalue weighted by Crippen LogP contribution is -2.19. The van der Waals surface area contributed by atoms with Gasteiger partial charge >= 0.3 is 5.97 Å². The molecule has 0 saturated heterocycles. The van der Waals surface area contributed by atoms with Crippen molar-refractivity contribution in [3.8, 4) is 0 Å². The first-order chi connectivity index (χ1) is 10.5. The minimum absolute atomic E-state index is 0.0107. The summed E-state index contributed by atoms with van der Waals surface area (Å²) in [7, 11) is 1.52. The van der Waals surface area contributed by atoms with Crippen molar-refractivity contribution >= 4 is 38.6 Å². The van der Waals surface area contributed by atoms with Gasteiger partial charge in [0.1, 0.15) is 11.3 Å². The van der Waals surface area contributed by atoms with Crippen molar-refractivity contribution < 1.29 is 14.7 Å². The molecule has 0 radical (unpaired) electrons. The second kappa shape index (κ2) is 5.23. The third kappa shape index (κ3) is 2.33. The first-order valence-corrected chi connectivity index (χ1v) is 7.22. The number of aromatic carboxylic acids is 1. The summed E-state index contributed by atoms with van der Waals surface area (Å²) in [6.45, 7) is 1.94. The monoisotopic (exact) mass is 316 g/mol. The van der Waals surface area contributed by atoms with Crippen molar-refractivity contribution in [1.82, 2.24) is 14.8 Å². The summed E-state index contributed by atoms with van der Waals surface area (Å²) in [5.74, 6) is -1.74. The van der Waals surface area contributed by atoms with Crippen LogP contribution in [0.15, 0.2) is 24.4 Å². The smallest absolute Gasteiger partial charge is 0.339 e. The van der Waals surface area contributed by atoms with Crippen LogP contribution in [0.5, 0.6) is 0 Å². The topological polar surface area (TPSA) is 97.1 Å². The second-order valence-electron chi connectivity index (χ2n) is 4.73. The lowest BCUT2D eigenvalue weighted by molar-refractivity contribution is 0.0692. The van der Waals surface area contributed by atoms with Crippen LogP contribution in [0, 0.1) is 6.92 Å². The van der Waals surface area contributed by atoms with Gasteiger partial charge in [0, 0.05) is 7.05 Å². The third-order valence-electron chi connectivity index (χ3n) is 3.23. The van der Waals surface area contributed by atoms with E-state index in [2.05, 4.69) is 15.4 Å². The van der Waals surface area contributed by atoms with Crippen LogP contribution in [0.3, 0.4) is 0 Å². The highest BCUT2D eigenvalue weighted by molar-refractivity contribution is 7.22. The summed E-state index contributed by atoms with van der Waals surface area (Å²) in [5.41, 5.74) is 1.69. The zero-order valence-corrected chi connectivity index (χ0v) is 12.6. The van der Waals surface area contributed by atoms with Gasteiger partial charge < -0.3 is 5.11 Å². The van der Waals surface area contributed by atoms with Gasteiger partial charge in [-0.1, -0.05) is 23.5 Å². The molecule has 0 aliphatic heterocycles. The highest BCUT2D eigenvalue weighted by Gasteiger charge is 2.22. The number of carboxylic acid groups (broad SMARTS) is 1. The molecule has 1 amide bonds. The lowest BCUT2D eigenvalue weighted by atomic mass is 10.2. The first-order valence-electron chi connectivity index (χ1n) is 6.40. The number of fused-ring (bicyclic) bond motifs is 1. The maximum Gasteiger partial charge on any atom is 0.339 e. The number of para-hydroxylation sites is 1. The van der Waals surface area contributed by atoms with Gasteiger partial charge in [0.25, 0.3) is 5.91 Å². The molecule has 3 rings (SSSR count). The Morgan fingerprint density at radius 1 is 1.36 bits per heavy atom. The first kappa shape index (κ1) is 14.2. The van der Waals surface area contributed by atoms with E-state index < -0.39 is 11.9 Å². The number of carbonyl (C=O) groups excluding carboxylic acids is 1. The van der Waals surface area contributed by atoms with E-state index in [9.17, 15) is 9.59 Å². The number of amides is 1. The van der Waals surface area contributed by atoms with E-state index in [4.69, 9.17) is 5.11 Å². The molecule has 0 fully saturated rings. The fourth-order valence-corrected chi connectivity index (χ4v) is 3.10. The Bertz CT molecular complexity index is 897. The average Bonchev–Trinajstić information content (AvgIpc) is 3.02. The van der Waals surface area contributed by atoms with Crippen LogP contribution in [-0.2, 0) is 7.05 Å². The zero-order valence-electron chi connectivity index (χ0n) is 11.8. The molecular formula is C14H12N4O3S. The summed E-state index contributed by atoms with van der Waals surface area (Å²) in [4.78, 5) is 27.8. The molecule has 0 spiro atoms. The summed E-state index contributed by atoms with van der Waals surface area (Å²) in [6, 6.07) is 5.78. The number of thiazole rings is 1. The predicted molar refractivity (Wildman–Crippen MR) is 82.5 cm³/mol. The van der Waals surface area contributed by atoms with Gasteiger partial charge in [-0.3, -0.25) is 14.8 Å². The Hall–Kier alpha value is -2.74. The zero-order chi connectivity index (χ0) is 15.9. The van der Waals surface area contributed by atoms with E-state index >= 15 is 0 Å². The van der Waals surface area contributed by atoms with Crippen LogP contribution in [0.25, 0.3) is 10.2 Å². The molecule has 1 aromatic carbocycles. The van der Waals surface area contributed by atoms with E-state index in [0.717, 1.165) is 22.0 Å². The number of aryl methyl sites for hydroxylation is 2. The number of rotatable bonds is 3. The van der Waals surface area contributed by atoms with Gasteiger partial charge in [0.05, 0.1) is 16.4 Å². The highest BCUT2D eigenvalue weighted by atomic mass is 32.1. The molecule has 112 valence electrons. The van der Waals surface area contributed by atoms with E-state index in [-0.39, 0.29) is 11.3 Å². The molecule has 0 unspecified atom stereocenters. The molecular weight excluding hydrogens is 304 g/mol. The maximum atomic E-state index is 12.3. The van der Waals surface area contributed by atoms with E-state index in [1.807, 2.05) is 25.1 Å². The molecule has 7 nitrogen and oxygen atoms in total. The van der Waals surface area contributed by atoms with E-state index in [0.29, 0.717) is 5.13 Å². The largest absolute Gasteiger partial charge is 0.478 e. The summed E-state index contributed by atoms with van der Waals surface area (Å²) < 4.78 is 2.19. The fraction of sp³-hybridized carbons (Fsp3) is 0.143. The minimum Gasteiger partial charge on any atom is -0.478 e. The number of aromatic nitrogens is 3. The molecule has 0 saturated carbocycles. The maximum absolute atomic E-state index is 12.3. The number of benzene rings is 1. The number of anilines is 1. The number of hydrogen-bond donors (Lipinski definition) is 2. The van der Waals surface area contributed by atoms with Gasteiger partial charge in [-0.05, 0) is 18.6 Å². The van der Waals surface area contributed by atoms with E-state index in [1.54, 1.807) is 0 Å². The van der Waals surface area contributed by atoms with Crippen LogP contribution in [0.2, 0.25) is 0 Å². The molecule has 3 aromatic rings. The Morgan fingerprint density at radius 3 is 2.82 bits per heavy atom. The van der Waals surface area contributed by atoms with Gasteiger partial charge in [-0.2, -0.15) is 5.10 Å². The number of carboxylic acids is 1. The van der Waals surface area contributed by atoms with Crippen LogP contribution in [0.4, 0.5) is 5.13 Å². The van der Waals surface area contributed by atoms with Crippen molar-refractivity contribution in [1.29, 1.82) is 0 Å². The van der Waals surface area contributed by atoms with Crippen molar-refractivity contribution in [3.05, 3.63) is 41.2 Å². The van der Waals surface area contributed by atoms with Crippen LogP contribution < -0.4 is 5.32 Å². The van der Waals surface area contributed by atoms with Crippen molar-refractivity contribution in [2.24, 2.45) is 7.05 Å². The lowest BCUT2D eigenvalue weighted by Gasteiger charge is -2.03. The van der Waals surface area contributed by atoms with Crippen LogP contribution in [-0.4, -0.2) is 31.7 Å². The second-order valence-corrected chi connectivity index (χ2v) is 5.76. The molecule has 2 heterocycles. The SMILES string of the molecule is Cc1cccc2sc(NC(=O)c3c(C(=O)O)cnn3C)nc12. The normalized spacial score (nSPS) is 10.8. The van der Waals surface area contributed by atoms with Crippen LogP contribution >= 0.6 is 11.3 Å². The van der Waals surface area contributed by atoms with Gasteiger partial charge in [0.15, 0.2) is 5.13 Å². The molecule has 0 bridgehead atoms. The Morgan fingerprint density at radius 2 is 2.14 bits per heavy atom. The summed E-state index contributed by atoms with van der Waals surface area (Å²) >= 11 is 1.34. The summed E-state index contributed by atoms with van der Waals surface area (Å²) in [6.07, 6.45) is 1.15. The fourth-order valence-electron chi connectivity index (χ4n) is 2.16. The van der Waals surface area contributed by atoms with Crippen molar-refractivity contribution in [3.63, 3.8) is 0 Å².